The number of ether oxygens (including phenoxy) is 1. The minimum Gasteiger partial charge on any atom is -0.484 e. The van der Waals surface area contributed by atoms with Crippen LogP contribution in [0.2, 0.25) is 5.02 Å². The van der Waals surface area contributed by atoms with Gasteiger partial charge >= 0.3 is 0 Å². The van der Waals surface area contributed by atoms with Crippen molar-refractivity contribution < 1.29 is 22.7 Å². The molecule has 3 aromatic rings. The molecule has 0 atom stereocenters. The summed E-state index contributed by atoms with van der Waals surface area (Å²) in [5, 5.41) is 4.28. The minimum absolute atomic E-state index is 0.0439. The zero-order chi connectivity index (χ0) is 26.3. The van der Waals surface area contributed by atoms with Gasteiger partial charge in [-0.3, -0.25) is 13.9 Å². The molecule has 3 N–H and O–H groups in total. The van der Waals surface area contributed by atoms with Crippen LogP contribution in [0.3, 0.4) is 0 Å². The predicted molar refractivity (Wildman–Crippen MR) is 139 cm³/mol. The summed E-state index contributed by atoms with van der Waals surface area (Å²) in [5.41, 5.74) is 9.74. The van der Waals surface area contributed by atoms with Crippen molar-refractivity contribution in [2.45, 2.75) is 18.7 Å². The van der Waals surface area contributed by atoms with Gasteiger partial charge < -0.3 is 10.5 Å². The minimum atomic E-state index is -4.08. The molecule has 0 aliphatic heterocycles. The molecule has 0 heterocycles. The maximum absolute atomic E-state index is 13.5. The molecule has 0 fully saturated rings. The van der Waals surface area contributed by atoms with Crippen molar-refractivity contribution in [1.82, 2.24) is 5.43 Å². The number of nitrogens with one attached hydrogen (secondary N) is 1. The average Bonchev–Trinajstić information content (AvgIpc) is 2.84. The van der Waals surface area contributed by atoms with Crippen LogP contribution in [0.4, 0.5) is 5.69 Å². The van der Waals surface area contributed by atoms with E-state index < -0.39 is 28.4 Å². The Morgan fingerprint density at radius 1 is 1.06 bits per heavy atom. The molecule has 0 aliphatic rings. The highest BCUT2D eigenvalue weighted by Crippen LogP contribution is 2.30. The van der Waals surface area contributed by atoms with Crippen molar-refractivity contribution in [2.75, 3.05) is 17.5 Å². The Morgan fingerprint density at radius 3 is 2.36 bits per heavy atom. The normalized spacial score (nSPS) is 11.3. The fourth-order valence-corrected chi connectivity index (χ4v) is 4.80. The van der Waals surface area contributed by atoms with Gasteiger partial charge in [-0.15, -0.1) is 0 Å². The molecule has 0 spiro atoms. The second-order valence-electron chi connectivity index (χ2n) is 7.83. The van der Waals surface area contributed by atoms with Crippen molar-refractivity contribution in [2.24, 2.45) is 10.8 Å². The van der Waals surface area contributed by atoms with Crippen molar-refractivity contribution in [3.05, 3.63) is 88.4 Å². The molecule has 0 radical (unpaired) electrons. The summed E-state index contributed by atoms with van der Waals surface area (Å²) in [7, 11) is -4.08. The first kappa shape index (κ1) is 26.7. The maximum atomic E-state index is 13.5. The Morgan fingerprint density at radius 2 is 1.72 bits per heavy atom. The van der Waals surface area contributed by atoms with Crippen LogP contribution in [0.15, 0.2) is 76.7 Å². The fourth-order valence-electron chi connectivity index (χ4n) is 3.15. The molecular formula is C25H25ClN4O5S. The third-order valence-corrected chi connectivity index (χ3v) is 7.25. The molecule has 11 heteroatoms. The molecule has 0 aromatic heterocycles. The van der Waals surface area contributed by atoms with Gasteiger partial charge in [0.25, 0.3) is 21.8 Å². The van der Waals surface area contributed by atoms with Crippen LogP contribution in [-0.2, 0) is 19.6 Å². The Kier molecular flexibility index (Phi) is 8.68. The number of nitrogens with two attached hydrogens (primary N) is 1. The zero-order valence-electron chi connectivity index (χ0n) is 19.6. The summed E-state index contributed by atoms with van der Waals surface area (Å²) in [6.07, 6.45) is 1.39. The lowest BCUT2D eigenvalue weighted by Gasteiger charge is -2.25. The Bertz CT molecular complexity index is 1370. The van der Waals surface area contributed by atoms with E-state index in [1.54, 1.807) is 61.5 Å². The first-order valence-electron chi connectivity index (χ1n) is 10.8. The number of anilines is 1. The first-order chi connectivity index (χ1) is 17.1. The van der Waals surface area contributed by atoms with Crippen LogP contribution < -0.4 is 20.2 Å². The fraction of sp³-hybridized carbons (Fsp3) is 0.160. The molecular weight excluding hydrogens is 504 g/mol. The van der Waals surface area contributed by atoms with E-state index in [2.05, 4.69) is 10.5 Å². The van der Waals surface area contributed by atoms with E-state index >= 15 is 0 Å². The molecule has 0 aliphatic carbocycles. The van der Waals surface area contributed by atoms with E-state index in [0.29, 0.717) is 21.9 Å². The number of carbonyl (C=O) groups excluding carboxylic acids is 2. The number of primary amides is 1. The SMILES string of the molecule is Cc1ccc(S(=O)(=O)N(CC(=O)N/N=C\c2ccc(OCC(N)=O)cc2)c2cccc(Cl)c2C)cc1. The Labute approximate surface area is 214 Å². The van der Waals surface area contributed by atoms with Crippen molar-refractivity contribution >= 4 is 45.3 Å². The molecule has 3 rings (SSSR count). The second-order valence-corrected chi connectivity index (χ2v) is 10.1. The van der Waals surface area contributed by atoms with Gasteiger partial charge in [-0.25, -0.2) is 13.8 Å². The average molecular weight is 529 g/mol. The van der Waals surface area contributed by atoms with Gasteiger partial charge in [-0.2, -0.15) is 5.10 Å². The summed E-state index contributed by atoms with van der Waals surface area (Å²) < 4.78 is 33.2. The molecule has 2 amide bonds. The molecule has 9 nitrogen and oxygen atoms in total. The van der Waals surface area contributed by atoms with E-state index in [9.17, 15) is 18.0 Å². The molecule has 0 bridgehead atoms. The van der Waals surface area contributed by atoms with Gasteiger partial charge in [0.15, 0.2) is 6.61 Å². The largest absolute Gasteiger partial charge is 0.484 e. The number of benzene rings is 3. The topological polar surface area (TPSA) is 131 Å². The van der Waals surface area contributed by atoms with Gasteiger partial charge in [0.1, 0.15) is 12.3 Å². The van der Waals surface area contributed by atoms with Gasteiger partial charge in [-0.1, -0.05) is 35.4 Å². The Hall–Kier alpha value is -3.89. The molecule has 36 heavy (non-hydrogen) atoms. The van der Waals surface area contributed by atoms with E-state index in [0.717, 1.165) is 9.87 Å². The highest BCUT2D eigenvalue weighted by Gasteiger charge is 2.28. The van der Waals surface area contributed by atoms with E-state index in [-0.39, 0.29) is 17.2 Å². The van der Waals surface area contributed by atoms with E-state index in [1.165, 1.54) is 18.3 Å². The summed E-state index contributed by atoms with van der Waals surface area (Å²) >= 11 is 6.23. The number of sulfonamides is 1. The molecule has 0 saturated heterocycles. The number of amides is 2. The lowest BCUT2D eigenvalue weighted by atomic mass is 10.2. The molecule has 0 saturated carbocycles. The summed E-state index contributed by atoms with van der Waals surface area (Å²) in [6, 6.07) is 17.8. The number of halogens is 1. The van der Waals surface area contributed by atoms with Crippen molar-refractivity contribution in [3.8, 4) is 5.75 Å². The van der Waals surface area contributed by atoms with Crippen LogP contribution in [0.25, 0.3) is 0 Å². The van der Waals surface area contributed by atoms with E-state index in [4.69, 9.17) is 22.1 Å². The molecule has 3 aromatic carbocycles. The van der Waals surface area contributed by atoms with Crippen LogP contribution >= 0.6 is 11.6 Å². The van der Waals surface area contributed by atoms with E-state index in [1.807, 2.05) is 6.92 Å². The first-order valence-corrected chi connectivity index (χ1v) is 12.6. The highest BCUT2D eigenvalue weighted by molar-refractivity contribution is 7.92. The number of rotatable bonds is 10. The third kappa shape index (κ3) is 6.83. The van der Waals surface area contributed by atoms with Crippen LogP contribution in [0, 0.1) is 13.8 Å². The smallest absolute Gasteiger partial charge is 0.264 e. The predicted octanol–water partition coefficient (Wildman–Crippen LogP) is 3.17. The second kappa shape index (κ2) is 11.7. The quantitative estimate of drug-likeness (QED) is 0.308. The monoisotopic (exact) mass is 528 g/mol. The Balaban J connectivity index is 1.78. The summed E-state index contributed by atoms with van der Waals surface area (Å²) in [6.45, 7) is 2.77. The van der Waals surface area contributed by atoms with Gasteiger partial charge in [0.2, 0.25) is 0 Å². The molecule has 188 valence electrons. The molecule has 0 unspecified atom stereocenters. The lowest BCUT2D eigenvalue weighted by Crippen LogP contribution is -2.40. The van der Waals surface area contributed by atoms with Crippen molar-refractivity contribution in [3.63, 3.8) is 0 Å². The number of aryl methyl sites for hydroxylation is 1. The standard InChI is InChI=1S/C25H25ClN4O5S/c1-17-6-12-21(13-7-17)36(33,34)30(23-5-3-4-22(26)18(23)2)15-25(32)29-28-14-19-8-10-20(11-9-19)35-16-24(27)31/h3-14H,15-16H2,1-2H3,(H2,27,31)(H,29,32)/b28-14-. The number of hydrogen-bond donors (Lipinski definition) is 2. The van der Waals surface area contributed by atoms with Crippen LogP contribution in [-0.4, -0.2) is 39.6 Å². The summed E-state index contributed by atoms with van der Waals surface area (Å²) in [5.74, 6) is -0.790. The highest BCUT2D eigenvalue weighted by atomic mass is 35.5. The number of hydrazone groups is 1. The summed E-state index contributed by atoms with van der Waals surface area (Å²) in [4.78, 5) is 23.6. The number of nitrogens with zero attached hydrogens (tertiary/aromatic N) is 2. The van der Waals surface area contributed by atoms with Gasteiger partial charge in [0.05, 0.1) is 16.8 Å². The van der Waals surface area contributed by atoms with Gasteiger partial charge in [0, 0.05) is 5.02 Å². The number of carbonyl (C=O) groups is 2. The van der Waals surface area contributed by atoms with Gasteiger partial charge in [-0.05, 0) is 73.5 Å². The van der Waals surface area contributed by atoms with Crippen molar-refractivity contribution in [1.29, 1.82) is 0 Å². The number of hydrogen-bond acceptors (Lipinski definition) is 6. The van der Waals surface area contributed by atoms with Crippen LogP contribution in [0.5, 0.6) is 5.75 Å². The maximum Gasteiger partial charge on any atom is 0.264 e. The lowest BCUT2D eigenvalue weighted by molar-refractivity contribution is -0.120. The zero-order valence-corrected chi connectivity index (χ0v) is 21.2. The van der Waals surface area contributed by atoms with Crippen LogP contribution in [0.1, 0.15) is 16.7 Å². The third-order valence-electron chi connectivity index (χ3n) is 5.07.